The van der Waals surface area contributed by atoms with Gasteiger partial charge in [-0.25, -0.2) is 0 Å². The molecule has 2 saturated heterocycles. The maximum Gasteiger partial charge on any atom is 0.276 e. The number of hydrogen-bond acceptors (Lipinski definition) is 4. The predicted octanol–water partition coefficient (Wildman–Crippen LogP) is 3.49. The van der Waals surface area contributed by atoms with Crippen LogP contribution in [0.1, 0.15) is 23.3 Å². The summed E-state index contributed by atoms with van der Waals surface area (Å²) in [4.78, 5) is 14.7. The molecule has 1 amide bonds. The van der Waals surface area contributed by atoms with Gasteiger partial charge in [-0.3, -0.25) is 4.79 Å². The van der Waals surface area contributed by atoms with Crippen LogP contribution in [0.4, 0.5) is 0 Å². The van der Waals surface area contributed by atoms with E-state index in [9.17, 15) is 4.79 Å². The first-order valence-corrected chi connectivity index (χ1v) is 8.82. The lowest BCUT2D eigenvalue weighted by atomic mass is 9.92. The fourth-order valence-corrected chi connectivity index (χ4v) is 3.98. The van der Waals surface area contributed by atoms with Gasteiger partial charge in [-0.05, 0) is 49.9 Å². The summed E-state index contributed by atoms with van der Waals surface area (Å²) in [5, 5.41) is 8.01. The molecule has 2 atom stereocenters. The van der Waals surface area contributed by atoms with Gasteiger partial charge in [-0.15, -0.1) is 12.4 Å². The van der Waals surface area contributed by atoms with Gasteiger partial charge in [0.1, 0.15) is 0 Å². The van der Waals surface area contributed by atoms with Gasteiger partial charge in [-0.2, -0.15) is 0 Å². The molecule has 2 aliphatic heterocycles. The van der Waals surface area contributed by atoms with Gasteiger partial charge in [0.15, 0.2) is 11.5 Å². The number of fused-ring (bicyclic) bond motifs is 1. The van der Waals surface area contributed by atoms with Crippen molar-refractivity contribution in [2.75, 3.05) is 26.2 Å². The summed E-state index contributed by atoms with van der Waals surface area (Å²) in [7, 11) is 0. The Bertz CT molecular complexity index is 735. The zero-order valence-electron chi connectivity index (χ0n) is 13.8. The summed E-state index contributed by atoms with van der Waals surface area (Å²) in [6.07, 6.45) is 2.11. The highest BCUT2D eigenvalue weighted by Gasteiger charge is 2.32. The predicted molar refractivity (Wildman–Crippen MR) is 99.2 cm³/mol. The van der Waals surface area contributed by atoms with Gasteiger partial charge in [0.05, 0.1) is 5.02 Å². The van der Waals surface area contributed by atoms with Crippen molar-refractivity contribution in [2.24, 2.45) is 11.8 Å². The Hall–Kier alpha value is -1.56. The minimum Gasteiger partial charge on any atom is -0.355 e. The van der Waals surface area contributed by atoms with Crippen molar-refractivity contribution in [1.29, 1.82) is 0 Å². The molecule has 0 bridgehead atoms. The number of hydrogen-bond donors (Lipinski definition) is 1. The summed E-state index contributed by atoms with van der Waals surface area (Å²) in [5.41, 5.74) is 1.11. The largest absolute Gasteiger partial charge is 0.355 e. The topological polar surface area (TPSA) is 58.4 Å². The minimum atomic E-state index is -0.0509. The summed E-state index contributed by atoms with van der Waals surface area (Å²) < 4.78 is 5.36. The van der Waals surface area contributed by atoms with Crippen LogP contribution in [0.2, 0.25) is 5.02 Å². The molecule has 0 saturated carbocycles. The Kier molecular flexibility index (Phi) is 5.67. The second kappa shape index (κ2) is 7.77. The monoisotopic (exact) mass is 381 g/mol. The van der Waals surface area contributed by atoms with E-state index in [1.54, 1.807) is 12.1 Å². The average Bonchev–Trinajstić information content (AvgIpc) is 3.21. The number of nitrogens with zero attached hydrogens (tertiary/aromatic N) is 2. The van der Waals surface area contributed by atoms with Crippen LogP contribution in [-0.4, -0.2) is 42.1 Å². The molecule has 7 heteroatoms. The van der Waals surface area contributed by atoms with Gasteiger partial charge in [0.2, 0.25) is 0 Å². The summed E-state index contributed by atoms with van der Waals surface area (Å²) in [6, 6.07) is 9.08. The second-order valence-electron chi connectivity index (χ2n) is 6.60. The number of benzene rings is 1. The Balaban J connectivity index is 0.00000182. The highest BCUT2D eigenvalue weighted by molar-refractivity contribution is 6.33. The second-order valence-corrected chi connectivity index (χ2v) is 7.01. The molecule has 1 aromatic heterocycles. The van der Waals surface area contributed by atoms with Crippen LogP contribution in [0.3, 0.4) is 0 Å². The van der Waals surface area contributed by atoms with Crippen molar-refractivity contribution in [3.63, 3.8) is 0 Å². The van der Waals surface area contributed by atoms with E-state index in [1.807, 2.05) is 23.1 Å². The third-order valence-corrected chi connectivity index (χ3v) is 5.50. The molecule has 134 valence electrons. The van der Waals surface area contributed by atoms with Crippen molar-refractivity contribution < 1.29 is 9.32 Å². The van der Waals surface area contributed by atoms with Crippen molar-refractivity contribution in [1.82, 2.24) is 15.4 Å². The first kappa shape index (κ1) is 18.2. The molecule has 0 unspecified atom stereocenters. The molecular weight excluding hydrogens is 361 g/mol. The number of rotatable bonds is 2. The van der Waals surface area contributed by atoms with Crippen LogP contribution in [0.15, 0.2) is 34.9 Å². The molecule has 0 radical (unpaired) electrons. The number of carbonyl (C=O) groups excluding carboxylic acids is 1. The lowest BCUT2D eigenvalue weighted by molar-refractivity contribution is 0.0748. The zero-order valence-corrected chi connectivity index (χ0v) is 15.4. The standard InChI is InChI=1S/C18H20ClN3O2.ClH/c19-15-4-2-1-3-14(15)17-9-16(21-24-17)18(23)22-7-5-12-10-20-11-13(12)6-8-22;/h1-4,9,12-13,20H,5-8,10-11H2;1H/t12-,13+;. The molecule has 1 aromatic carbocycles. The zero-order chi connectivity index (χ0) is 16.5. The molecule has 5 nitrogen and oxygen atoms in total. The van der Waals surface area contributed by atoms with E-state index in [2.05, 4.69) is 10.5 Å². The van der Waals surface area contributed by atoms with Crippen molar-refractivity contribution >= 4 is 29.9 Å². The van der Waals surface area contributed by atoms with Gasteiger partial charge in [0.25, 0.3) is 5.91 Å². The molecular formula is C18H21Cl2N3O2. The van der Waals surface area contributed by atoms with Crippen LogP contribution < -0.4 is 5.32 Å². The first-order chi connectivity index (χ1) is 11.7. The third kappa shape index (κ3) is 3.68. The Labute approximate surface area is 158 Å². The maximum absolute atomic E-state index is 12.8. The van der Waals surface area contributed by atoms with E-state index in [-0.39, 0.29) is 18.3 Å². The van der Waals surface area contributed by atoms with Gasteiger partial charge >= 0.3 is 0 Å². The highest BCUT2D eigenvalue weighted by Crippen LogP contribution is 2.30. The molecule has 1 N–H and O–H groups in total. The molecule has 0 aliphatic carbocycles. The summed E-state index contributed by atoms with van der Waals surface area (Å²) in [6.45, 7) is 3.73. The van der Waals surface area contributed by atoms with Crippen LogP contribution in [0.5, 0.6) is 0 Å². The summed E-state index contributed by atoms with van der Waals surface area (Å²) >= 11 is 6.18. The van der Waals surface area contributed by atoms with Gasteiger partial charge in [-0.1, -0.05) is 28.9 Å². The van der Waals surface area contributed by atoms with E-state index in [0.717, 1.165) is 44.6 Å². The van der Waals surface area contributed by atoms with Crippen LogP contribution in [0, 0.1) is 11.8 Å². The molecule has 4 rings (SSSR count). The number of aromatic nitrogens is 1. The fraction of sp³-hybridized carbons (Fsp3) is 0.444. The minimum absolute atomic E-state index is 0. The molecule has 0 spiro atoms. The third-order valence-electron chi connectivity index (χ3n) is 5.18. The van der Waals surface area contributed by atoms with Crippen LogP contribution in [0.25, 0.3) is 11.3 Å². The lowest BCUT2D eigenvalue weighted by Crippen LogP contribution is -2.32. The molecule has 3 heterocycles. The smallest absolute Gasteiger partial charge is 0.276 e. The highest BCUT2D eigenvalue weighted by atomic mass is 35.5. The molecule has 2 fully saturated rings. The molecule has 25 heavy (non-hydrogen) atoms. The Morgan fingerprint density at radius 2 is 1.88 bits per heavy atom. The van der Waals surface area contributed by atoms with Crippen molar-refractivity contribution in [3.05, 3.63) is 41.0 Å². The van der Waals surface area contributed by atoms with Gasteiger partial charge < -0.3 is 14.7 Å². The van der Waals surface area contributed by atoms with E-state index in [0.29, 0.717) is 28.3 Å². The lowest BCUT2D eigenvalue weighted by Gasteiger charge is -2.19. The van der Waals surface area contributed by atoms with E-state index in [4.69, 9.17) is 16.1 Å². The Morgan fingerprint density at radius 3 is 2.56 bits per heavy atom. The van der Waals surface area contributed by atoms with Crippen LogP contribution in [-0.2, 0) is 0 Å². The first-order valence-electron chi connectivity index (χ1n) is 8.44. The number of likely N-dealkylation sites (tertiary alicyclic amines) is 1. The van der Waals surface area contributed by atoms with Crippen LogP contribution >= 0.6 is 24.0 Å². The van der Waals surface area contributed by atoms with E-state index in [1.165, 1.54) is 0 Å². The van der Waals surface area contributed by atoms with Gasteiger partial charge in [0, 0.05) is 24.7 Å². The van der Waals surface area contributed by atoms with Crippen molar-refractivity contribution in [2.45, 2.75) is 12.8 Å². The fourth-order valence-electron chi connectivity index (χ4n) is 3.75. The quantitative estimate of drug-likeness (QED) is 0.864. The molecule has 2 aromatic rings. The normalized spacial score (nSPS) is 22.8. The number of halogens is 2. The van der Waals surface area contributed by atoms with Crippen molar-refractivity contribution in [3.8, 4) is 11.3 Å². The summed E-state index contributed by atoms with van der Waals surface area (Å²) in [5.74, 6) is 1.86. The maximum atomic E-state index is 12.8. The SMILES string of the molecule is Cl.O=C(c1cc(-c2ccccc2Cl)on1)N1CC[C@@H]2CNC[C@@H]2CC1. The number of amides is 1. The molecule has 2 aliphatic rings. The number of nitrogens with one attached hydrogen (secondary N) is 1. The average molecular weight is 382 g/mol. The van der Waals surface area contributed by atoms with E-state index >= 15 is 0 Å². The van der Waals surface area contributed by atoms with E-state index < -0.39 is 0 Å². The Morgan fingerprint density at radius 1 is 1.20 bits per heavy atom. The number of carbonyl (C=O) groups is 1.